The quantitative estimate of drug-likeness (QED) is 0.523. The largest absolute Gasteiger partial charge is 0.369 e. The van der Waals surface area contributed by atoms with E-state index in [2.05, 4.69) is 10.3 Å². The second-order valence-electron chi connectivity index (χ2n) is 8.20. The van der Waals surface area contributed by atoms with Crippen LogP contribution in [0, 0.1) is 16.0 Å². The average molecular weight is 438 g/mol. The number of nitro groups is 1. The van der Waals surface area contributed by atoms with Crippen molar-refractivity contribution >= 4 is 34.7 Å². The van der Waals surface area contributed by atoms with Gasteiger partial charge in [0.15, 0.2) is 0 Å². The van der Waals surface area contributed by atoms with Gasteiger partial charge in [-0.3, -0.25) is 19.7 Å². The van der Waals surface area contributed by atoms with Gasteiger partial charge < -0.3 is 20.9 Å². The van der Waals surface area contributed by atoms with Crippen LogP contribution in [0.4, 0.5) is 22.9 Å². The number of benzene rings is 1. The van der Waals surface area contributed by atoms with Crippen molar-refractivity contribution in [2.24, 2.45) is 11.7 Å². The summed E-state index contributed by atoms with van der Waals surface area (Å²) < 4.78 is 0. The van der Waals surface area contributed by atoms with Crippen LogP contribution in [0.25, 0.3) is 0 Å². The number of pyridine rings is 1. The maximum atomic E-state index is 12.7. The molecule has 2 saturated heterocycles. The Labute approximate surface area is 185 Å². The van der Waals surface area contributed by atoms with Crippen LogP contribution in [-0.2, 0) is 4.79 Å². The molecule has 0 aliphatic carbocycles. The highest BCUT2D eigenvalue weighted by atomic mass is 16.6. The monoisotopic (exact) mass is 438 g/mol. The predicted octanol–water partition coefficient (Wildman–Crippen LogP) is 2.54. The minimum absolute atomic E-state index is 0.0675. The molecule has 0 bridgehead atoms. The highest BCUT2D eigenvalue weighted by Gasteiger charge is 2.25. The first-order chi connectivity index (χ1) is 15.4. The molecule has 2 aliphatic heterocycles. The fraction of sp³-hybridized carbons (Fsp3) is 0.409. The van der Waals surface area contributed by atoms with E-state index in [9.17, 15) is 19.7 Å². The average Bonchev–Trinajstić information content (AvgIpc) is 3.34. The molecule has 3 N–H and O–H groups in total. The summed E-state index contributed by atoms with van der Waals surface area (Å²) in [5.74, 6) is -0.227. The number of primary amides is 1. The Morgan fingerprint density at radius 3 is 2.50 bits per heavy atom. The van der Waals surface area contributed by atoms with Gasteiger partial charge in [-0.25, -0.2) is 4.98 Å². The minimum Gasteiger partial charge on any atom is -0.369 e. The summed E-state index contributed by atoms with van der Waals surface area (Å²) in [6.07, 6.45) is 5.18. The zero-order chi connectivity index (χ0) is 22.7. The lowest BCUT2D eigenvalue weighted by atomic mass is 9.97. The van der Waals surface area contributed by atoms with Gasteiger partial charge in [0.05, 0.1) is 22.7 Å². The van der Waals surface area contributed by atoms with E-state index in [1.807, 2.05) is 9.80 Å². The van der Waals surface area contributed by atoms with Crippen molar-refractivity contribution in [3.05, 3.63) is 52.2 Å². The highest BCUT2D eigenvalue weighted by molar-refractivity contribution is 6.05. The minimum atomic E-state index is -0.446. The van der Waals surface area contributed by atoms with Gasteiger partial charge in [-0.1, -0.05) is 0 Å². The molecule has 2 aromatic rings. The molecule has 0 saturated carbocycles. The Balaban J connectivity index is 1.45. The number of hydrogen-bond acceptors (Lipinski definition) is 7. The van der Waals surface area contributed by atoms with Crippen LogP contribution in [0.1, 0.15) is 36.0 Å². The molecule has 4 rings (SSSR count). The van der Waals surface area contributed by atoms with Gasteiger partial charge >= 0.3 is 0 Å². The first-order valence-corrected chi connectivity index (χ1v) is 10.8. The van der Waals surface area contributed by atoms with Crippen LogP contribution in [0.2, 0.25) is 0 Å². The molecule has 10 nitrogen and oxygen atoms in total. The number of hydrogen-bond donors (Lipinski definition) is 2. The molecule has 1 atom stereocenters. The van der Waals surface area contributed by atoms with Crippen molar-refractivity contribution in [3.8, 4) is 0 Å². The normalized spacial score (nSPS) is 18.4. The van der Waals surface area contributed by atoms with E-state index >= 15 is 0 Å². The van der Waals surface area contributed by atoms with Crippen LogP contribution in [0.3, 0.4) is 0 Å². The van der Waals surface area contributed by atoms with E-state index in [1.54, 1.807) is 24.3 Å². The summed E-state index contributed by atoms with van der Waals surface area (Å²) in [6.45, 7) is 2.87. The van der Waals surface area contributed by atoms with Crippen molar-refractivity contribution < 1.29 is 14.5 Å². The number of carbonyl (C=O) groups is 2. The lowest BCUT2D eigenvalue weighted by Crippen LogP contribution is -2.41. The summed E-state index contributed by atoms with van der Waals surface area (Å²) in [5, 5.41) is 14.3. The molecule has 1 aromatic carbocycles. The van der Waals surface area contributed by atoms with Crippen molar-refractivity contribution in [2.75, 3.05) is 41.3 Å². The SMILES string of the molecule is NC(=O)C1CCCN(c2ccc(NC(=O)c3ccc(N4CCCC4)c([N+](=O)[O-])c3)cn2)C1. The van der Waals surface area contributed by atoms with Crippen LogP contribution >= 0.6 is 0 Å². The summed E-state index contributed by atoms with van der Waals surface area (Å²) in [7, 11) is 0. The summed E-state index contributed by atoms with van der Waals surface area (Å²) in [6, 6.07) is 8.07. The molecule has 1 unspecified atom stereocenters. The van der Waals surface area contributed by atoms with E-state index in [0.717, 1.165) is 45.3 Å². The number of nitro benzene ring substituents is 1. The highest BCUT2D eigenvalue weighted by Crippen LogP contribution is 2.32. The second-order valence-corrected chi connectivity index (χ2v) is 8.20. The third kappa shape index (κ3) is 4.63. The van der Waals surface area contributed by atoms with E-state index in [-0.39, 0.29) is 23.1 Å². The molecule has 1 aromatic heterocycles. The Hall–Kier alpha value is -3.69. The molecular formula is C22H26N6O4. The maximum absolute atomic E-state index is 12.7. The third-order valence-corrected chi connectivity index (χ3v) is 6.03. The smallest absolute Gasteiger partial charge is 0.293 e. The molecule has 2 fully saturated rings. The maximum Gasteiger partial charge on any atom is 0.293 e. The summed E-state index contributed by atoms with van der Waals surface area (Å²) in [5.41, 5.74) is 6.61. The molecule has 10 heteroatoms. The van der Waals surface area contributed by atoms with Gasteiger partial charge in [0.1, 0.15) is 11.5 Å². The predicted molar refractivity (Wildman–Crippen MR) is 121 cm³/mol. The molecule has 168 valence electrons. The molecular weight excluding hydrogens is 412 g/mol. The molecule has 3 heterocycles. The fourth-order valence-corrected chi connectivity index (χ4v) is 4.30. The van der Waals surface area contributed by atoms with Crippen molar-refractivity contribution in [1.29, 1.82) is 0 Å². The number of aromatic nitrogens is 1. The van der Waals surface area contributed by atoms with Crippen molar-refractivity contribution in [3.63, 3.8) is 0 Å². The van der Waals surface area contributed by atoms with Gasteiger partial charge in [0, 0.05) is 37.8 Å². The Kier molecular flexibility index (Phi) is 6.20. The van der Waals surface area contributed by atoms with Gasteiger partial charge in [-0.2, -0.15) is 0 Å². The Morgan fingerprint density at radius 1 is 1.09 bits per heavy atom. The topological polar surface area (TPSA) is 135 Å². The molecule has 0 radical (unpaired) electrons. The summed E-state index contributed by atoms with van der Waals surface area (Å²) in [4.78, 5) is 43.7. The van der Waals surface area contributed by atoms with Crippen LogP contribution in [0.5, 0.6) is 0 Å². The lowest BCUT2D eigenvalue weighted by Gasteiger charge is -2.32. The van der Waals surface area contributed by atoms with Gasteiger partial charge in [-0.05, 0) is 49.9 Å². The van der Waals surface area contributed by atoms with E-state index in [0.29, 0.717) is 23.7 Å². The van der Waals surface area contributed by atoms with Gasteiger partial charge in [0.2, 0.25) is 5.91 Å². The number of nitrogens with two attached hydrogens (primary N) is 1. The van der Waals surface area contributed by atoms with Crippen molar-refractivity contribution in [1.82, 2.24) is 4.98 Å². The number of anilines is 3. The van der Waals surface area contributed by atoms with E-state index in [4.69, 9.17) is 5.73 Å². The second kappa shape index (κ2) is 9.21. The van der Waals surface area contributed by atoms with Gasteiger partial charge in [-0.15, -0.1) is 0 Å². The fourth-order valence-electron chi connectivity index (χ4n) is 4.30. The zero-order valence-corrected chi connectivity index (χ0v) is 17.7. The molecule has 32 heavy (non-hydrogen) atoms. The zero-order valence-electron chi connectivity index (χ0n) is 17.7. The number of nitrogens with zero attached hydrogens (tertiary/aromatic N) is 4. The van der Waals surface area contributed by atoms with Crippen LogP contribution in [0.15, 0.2) is 36.5 Å². The molecule has 2 amide bonds. The third-order valence-electron chi connectivity index (χ3n) is 6.03. The Morgan fingerprint density at radius 2 is 1.84 bits per heavy atom. The summed E-state index contributed by atoms with van der Waals surface area (Å²) >= 11 is 0. The number of nitrogens with one attached hydrogen (secondary N) is 1. The van der Waals surface area contributed by atoms with E-state index in [1.165, 1.54) is 12.3 Å². The Bertz CT molecular complexity index is 1020. The number of carbonyl (C=O) groups excluding carboxylic acids is 2. The van der Waals surface area contributed by atoms with E-state index < -0.39 is 10.8 Å². The standard InChI is InChI=1S/C22H26N6O4/c23-21(29)16-4-3-11-27(14-16)20-8-6-17(13-24-20)25-22(30)15-5-7-18(19(12-15)28(31)32)26-9-1-2-10-26/h5-8,12-13,16H,1-4,9-11,14H2,(H2,23,29)(H,25,30). The molecule has 0 spiro atoms. The van der Waals surface area contributed by atoms with Gasteiger partial charge in [0.25, 0.3) is 11.6 Å². The first kappa shape index (κ1) is 21.5. The first-order valence-electron chi connectivity index (χ1n) is 10.8. The number of amides is 2. The van der Waals surface area contributed by atoms with Crippen molar-refractivity contribution in [2.45, 2.75) is 25.7 Å². The molecule has 2 aliphatic rings. The lowest BCUT2D eigenvalue weighted by molar-refractivity contribution is -0.384. The number of rotatable bonds is 6. The van der Waals surface area contributed by atoms with Crippen LogP contribution < -0.4 is 20.9 Å². The number of piperidine rings is 1. The van der Waals surface area contributed by atoms with Crippen LogP contribution in [-0.4, -0.2) is 47.9 Å².